The van der Waals surface area contributed by atoms with Gasteiger partial charge in [-0.3, -0.25) is 4.90 Å². The van der Waals surface area contributed by atoms with E-state index >= 15 is 0 Å². The molecule has 2 rings (SSSR count). The summed E-state index contributed by atoms with van der Waals surface area (Å²) in [6.07, 6.45) is 0. The van der Waals surface area contributed by atoms with Gasteiger partial charge in [0.25, 0.3) is 0 Å². The fourth-order valence-electron chi connectivity index (χ4n) is 2.92. The second-order valence-electron chi connectivity index (χ2n) is 6.04. The van der Waals surface area contributed by atoms with Crippen molar-refractivity contribution >= 4 is 35.6 Å². The van der Waals surface area contributed by atoms with Crippen molar-refractivity contribution in [2.24, 2.45) is 5.41 Å². The summed E-state index contributed by atoms with van der Waals surface area (Å²) in [5.74, 6) is 0. The lowest BCUT2D eigenvalue weighted by Crippen LogP contribution is -2.49. The molecule has 0 aliphatic carbocycles. The van der Waals surface area contributed by atoms with Crippen molar-refractivity contribution in [3.8, 4) is 0 Å². The van der Waals surface area contributed by atoms with Crippen molar-refractivity contribution in [1.82, 2.24) is 10.2 Å². The highest BCUT2D eigenvalue weighted by Gasteiger charge is 2.35. The molecule has 0 unspecified atom stereocenters. The van der Waals surface area contributed by atoms with E-state index in [-0.39, 0.29) is 30.5 Å². The van der Waals surface area contributed by atoms with Crippen LogP contribution in [0.25, 0.3) is 0 Å². The summed E-state index contributed by atoms with van der Waals surface area (Å²) in [5, 5.41) is 14.4. The normalized spacial score (nSPS) is 18.1. The number of benzene rings is 1. The molecule has 0 radical (unpaired) electrons. The second-order valence-corrected chi connectivity index (χ2v) is 6.91. The summed E-state index contributed by atoms with van der Waals surface area (Å²) in [6.45, 7) is 8.11. The highest BCUT2D eigenvalue weighted by atomic mass is 35.5. The van der Waals surface area contributed by atoms with Crippen LogP contribution in [0.1, 0.15) is 25.5 Å². The van der Waals surface area contributed by atoms with Crippen molar-refractivity contribution in [2.45, 2.75) is 19.9 Å². The van der Waals surface area contributed by atoms with Gasteiger partial charge in [-0.1, -0.05) is 37.0 Å². The van der Waals surface area contributed by atoms with Gasteiger partial charge in [0, 0.05) is 54.3 Å². The van der Waals surface area contributed by atoms with Gasteiger partial charge in [0.15, 0.2) is 0 Å². The molecule has 1 aliphatic rings. The standard InChI is InChI=1S/C15H22Cl2N2O.ClH/c1-15(2,10-20)14(19-5-3-18-4-6-19)11-7-12(16)9-13(17)8-11;/h7-9,14,18,20H,3-6,10H2,1-2H3;1H/t14-;/m0./s1. The molecule has 0 saturated carbocycles. The first-order chi connectivity index (χ1) is 9.44. The summed E-state index contributed by atoms with van der Waals surface area (Å²) in [4.78, 5) is 2.40. The van der Waals surface area contributed by atoms with Crippen molar-refractivity contribution in [1.29, 1.82) is 0 Å². The Bertz CT molecular complexity index is 442. The molecule has 1 fully saturated rings. The minimum atomic E-state index is -0.259. The van der Waals surface area contributed by atoms with Gasteiger partial charge in [-0.05, 0) is 23.8 Å². The Morgan fingerprint density at radius 1 is 1.19 bits per heavy atom. The monoisotopic (exact) mass is 352 g/mol. The van der Waals surface area contributed by atoms with Crippen LogP contribution >= 0.6 is 35.6 Å². The van der Waals surface area contributed by atoms with Crippen LogP contribution in [0.5, 0.6) is 0 Å². The zero-order valence-corrected chi connectivity index (χ0v) is 14.7. The van der Waals surface area contributed by atoms with Crippen LogP contribution < -0.4 is 5.32 Å². The summed E-state index contributed by atoms with van der Waals surface area (Å²) in [7, 11) is 0. The molecule has 0 spiro atoms. The van der Waals surface area contributed by atoms with Crippen LogP contribution in [0.15, 0.2) is 18.2 Å². The molecule has 0 bridgehead atoms. The molecule has 21 heavy (non-hydrogen) atoms. The Labute approximate surface area is 143 Å². The summed E-state index contributed by atoms with van der Waals surface area (Å²) >= 11 is 12.3. The van der Waals surface area contributed by atoms with E-state index in [2.05, 4.69) is 24.1 Å². The molecule has 1 aromatic carbocycles. The number of aliphatic hydroxyl groups is 1. The third kappa shape index (κ3) is 4.72. The van der Waals surface area contributed by atoms with Crippen LogP contribution in [-0.2, 0) is 0 Å². The molecule has 1 saturated heterocycles. The van der Waals surface area contributed by atoms with Gasteiger partial charge in [-0.25, -0.2) is 0 Å². The van der Waals surface area contributed by atoms with Crippen LogP contribution in [0.3, 0.4) is 0 Å². The number of nitrogens with one attached hydrogen (secondary N) is 1. The van der Waals surface area contributed by atoms with Crippen LogP contribution in [0, 0.1) is 5.41 Å². The maximum absolute atomic E-state index is 9.79. The molecule has 3 nitrogen and oxygen atoms in total. The van der Waals surface area contributed by atoms with E-state index in [0.29, 0.717) is 10.0 Å². The fraction of sp³-hybridized carbons (Fsp3) is 0.600. The molecule has 1 aliphatic heterocycles. The molecule has 0 aromatic heterocycles. The Morgan fingerprint density at radius 3 is 2.19 bits per heavy atom. The molecular weight excluding hydrogens is 331 g/mol. The van der Waals surface area contributed by atoms with Gasteiger partial charge < -0.3 is 10.4 Å². The average Bonchev–Trinajstić information content (AvgIpc) is 2.39. The third-order valence-corrected chi connectivity index (χ3v) is 4.30. The molecule has 1 atom stereocenters. The van der Waals surface area contributed by atoms with E-state index in [1.54, 1.807) is 6.07 Å². The third-order valence-electron chi connectivity index (χ3n) is 3.87. The number of halogens is 3. The number of nitrogens with zero attached hydrogens (tertiary/aromatic N) is 1. The lowest BCUT2D eigenvalue weighted by molar-refractivity contribution is 0.0305. The highest BCUT2D eigenvalue weighted by molar-refractivity contribution is 6.34. The number of aliphatic hydroxyl groups excluding tert-OH is 1. The van der Waals surface area contributed by atoms with Crippen molar-refractivity contribution in [3.05, 3.63) is 33.8 Å². The molecule has 1 heterocycles. The predicted molar refractivity (Wildman–Crippen MR) is 91.8 cm³/mol. The molecule has 1 aromatic rings. The lowest BCUT2D eigenvalue weighted by Gasteiger charge is -2.43. The summed E-state index contributed by atoms with van der Waals surface area (Å²) in [5.41, 5.74) is 0.814. The van der Waals surface area contributed by atoms with Gasteiger partial charge in [-0.2, -0.15) is 0 Å². The first kappa shape index (κ1) is 19.0. The van der Waals surface area contributed by atoms with Crippen molar-refractivity contribution < 1.29 is 5.11 Å². The van der Waals surface area contributed by atoms with E-state index in [1.807, 2.05) is 12.1 Å². The first-order valence-electron chi connectivity index (χ1n) is 6.95. The SMILES string of the molecule is CC(C)(CO)[C@H](c1cc(Cl)cc(Cl)c1)N1CCNCC1.Cl. The fourth-order valence-corrected chi connectivity index (χ4v) is 3.46. The predicted octanol–water partition coefficient (Wildman–Crippen LogP) is 3.38. The van der Waals surface area contributed by atoms with E-state index in [9.17, 15) is 5.11 Å². The maximum atomic E-state index is 9.79. The van der Waals surface area contributed by atoms with Crippen molar-refractivity contribution in [3.63, 3.8) is 0 Å². The van der Waals surface area contributed by atoms with E-state index in [4.69, 9.17) is 23.2 Å². The molecule has 0 amide bonds. The zero-order chi connectivity index (χ0) is 14.8. The molecular formula is C15H23Cl3N2O. The van der Waals surface area contributed by atoms with Gasteiger partial charge in [0.2, 0.25) is 0 Å². The van der Waals surface area contributed by atoms with Gasteiger partial charge in [0.1, 0.15) is 0 Å². The Hall–Kier alpha value is -0.0300. The molecule has 120 valence electrons. The van der Waals surface area contributed by atoms with Gasteiger partial charge >= 0.3 is 0 Å². The largest absolute Gasteiger partial charge is 0.396 e. The smallest absolute Gasteiger partial charge is 0.0500 e. The van der Waals surface area contributed by atoms with E-state index < -0.39 is 0 Å². The first-order valence-corrected chi connectivity index (χ1v) is 7.71. The number of piperazine rings is 1. The number of rotatable bonds is 4. The highest BCUT2D eigenvalue weighted by Crippen LogP contribution is 2.40. The van der Waals surface area contributed by atoms with Crippen molar-refractivity contribution in [2.75, 3.05) is 32.8 Å². The van der Waals surface area contributed by atoms with Crippen LogP contribution in [0.4, 0.5) is 0 Å². The molecule has 6 heteroatoms. The maximum Gasteiger partial charge on any atom is 0.0500 e. The van der Waals surface area contributed by atoms with Gasteiger partial charge in [0.05, 0.1) is 0 Å². The minimum absolute atomic E-state index is 0. The quantitative estimate of drug-likeness (QED) is 0.871. The zero-order valence-electron chi connectivity index (χ0n) is 12.4. The molecule has 2 N–H and O–H groups in total. The Morgan fingerprint density at radius 2 is 1.71 bits per heavy atom. The summed E-state index contributed by atoms with van der Waals surface area (Å²) < 4.78 is 0. The second kappa shape index (κ2) is 8.00. The Balaban J connectivity index is 0.00000220. The lowest BCUT2D eigenvalue weighted by atomic mass is 9.80. The van der Waals surface area contributed by atoms with Crippen LogP contribution in [0.2, 0.25) is 10.0 Å². The van der Waals surface area contributed by atoms with Crippen LogP contribution in [-0.4, -0.2) is 42.8 Å². The average molecular weight is 354 g/mol. The topological polar surface area (TPSA) is 35.5 Å². The number of hydrogen-bond donors (Lipinski definition) is 2. The Kier molecular flexibility index (Phi) is 7.25. The number of hydrogen-bond acceptors (Lipinski definition) is 3. The van der Waals surface area contributed by atoms with E-state index in [1.165, 1.54) is 0 Å². The van der Waals surface area contributed by atoms with E-state index in [0.717, 1.165) is 31.7 Å². The van der Waals surface area contributed by atoms with Gasteiger partial charge in [-0.15, -0.1) is 12.4 Å². The minimum Gasteiger partial charge on any atom is -0.396 e. The summed E-state index contributed by atoms with van der Waals surface area (Å²) in [6, 6.07) is 5.76.